The first-order valence-corrected chi connectivity index (χ1v) is 18.5. The Kier molecular flexibility index (Phi) is 5.57. The maximum atomic E-state index is 4.06. The smallest absolute Gasteiger partial charge is 0.113 e. The Balaban J connectivity index is 1.57. The van der Waals surface area contributed by atoms with Crippen molar-refractivity contribution in [2.45, 2.75) is 67.5 Å². The summed E-state index contributed by atoms with van der Waals surface area (Å²) < 4.78 is 5.51. The minimum absolute atomic E-state index is 1.07. The topological polar surface area (TPSA) is 0 Å². The second-order valence-corrected chi connectivity index (χ2v) is 19.4. The van der Waals surface area contributed by atoms with Gasteiger partial charge in [0.05, 0.1) is 0 Å². The van der Waals surface area contributed by atoms with Crippen LogP contribution >= 0.6 is 54.5 Å². The number of allylic oxidation sites excluding steroid dienone is 2. The summed E-state index contributed by atoms with van der Waals surface area (Å²) in [7, 11) is -1.97. The van der Waals surface area contributed by atoms with Crippen LogP contribution in [0.15, 0.2) is 32.2 Å². The Morgan fingerprint density at radius 2 is 1.03 bits per heavy atom. The zero-order valence-corrected chi connectivity index (χ0v) is 27.4. The predicted molar refractivity (Wildman–Crippen MR) is 168 cm³/mol. The van der Waals surface area contributed by atoms with E-state index in [9.17, 15) is 0 Å². The van der Waals surface area contributed by atoms with Gasteiger partial charge in [-0.15, -0.1) is 22.7 Å². The van der Waals surface area contributed by atoms with Crippen LogP contribution in [0, 0.1) is 27.7 Å². The lowest BCUT2D eigenvalue weighted by Gasteiger charge is -2.30. The van der Waals surface area contributed by atoms with E-state index in [0.29, 0.717) is 0 Å². The summed E-state index contributed by atoms with van der Waals surface area (Å²) in [6.45, 7) is 19.0. The molecule has 0 spiro atoms. The maximum Gasteiger partial charge on any atom is 0.113 e. The van der Waals surface area contributed by atoms with Crippen molar-refractivity contribution in [3.05, 3.63) is 75.4 Å². The van der Waals surface area contributed by atoms with Gasteiger partial charge < -0.3 is 0 Å². The normalized spacial score (nSPS) is 15.8. The molecule has 5 heteroatoms. The second-order valence-electron chi connectivity index (χ2n) is 11.0. The molecule has 35 heavy (non-hydrogen) atoms. The summed E-state index contributed by atoms with van der Waals surface area (Å²) in [5, 5.41) is 6.18. The molecule has 6 rings (SSSR count). The standard InChI is InChI=1S/C30H30Br2S2Si/c1-13-9-19-21(11-23-25(27(19)31)15(3)17(5)33-23)29(13)35(7,8)30-14(2)10-20-22(30)12-24-26(28(20)32)16(4)18(6)34-24/h11-12H,9-10H2,1-8H3. The highest BCUT2D eigenvalue weighted by molar-refractivity contribution is 9.11. The van der Waals surface area contributed by atoms with Crippen LogP contribution in [0.2, 0.25) is 13.1 Å². The highest BCUT2D eigenvalue weighted by atomic mass is 79.9. The van der Waals surface area contributed by atoms with Crippen LogP contribution in [0.25, 0.3) is 30.6 Å². The lowest BCUT2D eigenvalue weighted by atomic mass is 10.0. The first-order valence-electron chi connectivity index (χ1n) is 12.3. The van der Waals surface area contributed by atoms with E-state index in [0.717, 1.165) is 12.8 Å². The Hall–Kier alpha value is -0.983. The van der Waals surface area contributed by atoms with Crippen LogP contribution < -0.4 is 0 Å². The Morgan fingerprint density at radius 3 is 1.40 bits per heavy atom. The molecular formula is C30H30Br2S2Si. The highest BCUT2D eigenvalue weighted by Crippen LogP contribution is 2.54. The van der Waals surface area contributed by atoms with Gasteiger partial charge in [-0.1, -0.05) is 24.2 Å². The number of thiophene rings is 2. The van der Waals surface area contributed by atoms with Gasteiger partial charge >= 0.3 is 0 Å². The van der Waals surface area contributed by atoms with Crippen molar-refractivity contribution in [1.29, 1.82) is 0 Å². The van der Waals surface area contributed by atoms with Gasteiger partial charge in [0.2, 0.25) is 0 Å². The van der Waals surface area contributed by atoms with Crippen molar-refractivity contribution in [1.82, 2.24) is 0 Å². The molecule has 0 radical (unpaired) electrons. The molecule has 0 amide bonds. The number of halogens is 2. The summed E-state index contributed by atoms with van der Waals surface area (Å²) >= 11 is 12.0. The summed E-state index contributed by atoms with van der Waals surface area (Å²) in [5.41, 5.74) is 12.0. The van der Waals surface area contributed by atoms with Crippen molar-refractivity contribution in [3.8, 4) is 0 Å². The average molecular weight is 643 g/mol. The van der Waals surface area contributed by atoms with Gasteiger partial charge in [0.1, 0.15) is 8.07 Å². The van der Waals surface area contributed by atoms with Crippen LogP contribution in [-0.4, -0.2) is 8.07 Å². The van der Waals surface area contributed by atoms with E-state index in [4.69, 9.17) is 0 Å². The summed E-state index contributed by atoms with van der Waals surface area (Å²) in [6.07, 6.45) is 2.13. The maximum absolute atomic E-state index is 4.06. The fourth-order valence-corrected chi connectivity index (χ4v) is 15.4. The van der Waals surface area contributed by atoms with Gasteiger partial charge in [-0.25, -0.2) is 0 Å². The zero-order chi connectivity index (χ0) is 25.1. The minimum Gasteiger partial charge on any atom is -0.140 e. The van der Waals surface area contributed by atoms with Gasteiger partial charge in [0.25, 0.3) is 0 Å². The number of hydrogen-bond donors (Lipinski definition) is 0. The summed E-state index contributed by atoms with van der Waals surface area (Å²) in [6, 6.07) is 5.05. The molecule has 0 fully saturated rings. The molecule has 0 N–H and O–H groups in total. The molecule has 0 unspecified atom stereocenters. The van der Waals surface area contributed by atoms with E-state index in [2.05, 4.69) is 98.6 Å². The van der Waals surface area contributed by atoms with Crippen molar-refractivity contribution < 1.29 is 0 Å². The van der Waals surface area contributed by atoms with Crippen molar-refractivity contribution in [3.63, 3.8) is 0 Å². The number of rotatable bonds is 2. The van der Waals surface area contributed by atoms with Crippen LogP contribution in [0.4, 0.5) is 0 Å². The van der Waals surface area contributed by atoms with Gasteiger partial charge in [-0.2, -0.15) is 0 Å². The molecule has 2 aromatic heterocycles. The number of fused-ring (bicyclic) bond motifs is 4. The Morgan fingerprint density at radius 1 is 0.657 bits per heavy atom. The minimum atomic E-state index is -1.97. The molecule has 2 heterocycles. The van der Waals surface area contributed by atoms with Crippen LogP contribution in [0.5, 0.6) is 0 Å². The third-order valence-corrected chi connectivity index (χ3v) is 16.5. The van der Waals surface area contributed by atoms with E-state index in [1.54, 1.807) is 21.5 Å². The molecule has 180 valence electrons. The Bertz CT molecular complexity index is 1570. The fourth-order valence-electron chi connectivity index (χ4n) is 6.85. The zero-order valence-electron chi connectivity index (χ0n) is 21.6. The molecule has 0 atom stereocenters. The molecule has 2 aliphatic carbocycles. The van der Waals surface area contributed by atoms with Crippen molar-refractivity contribution >= 4 is 93.2 Å². The van der Waals surface area contributed by atoms with Gasteiger partial charge in [0, 0.05) is 38.9 Å². The SMILES string of the molecule is CC1=C([Si](C)(C)C2=C(C)Cc3c2cc2sc(C)c(C)c2c3Br)c2cc3sc(C)c(C)c3c(Br)c2C1. The summed E-state index contributed by atoms with van der Waals surface area (Å²) in [4.78, 5) is 2.86. The van der Waals surface area contributed by atoms with Crippen LogP contribution in [0.3, 0.4) is 0 Å². The third-order valence-electron chi connectivity index (χ3n) is 8.52. The molecule has 0 nitrogen and oxygen atoms in total. The van der Waals surface area contributed by atoms with E-state index in [-0.39, 0.29) is 0 Å². The molecule has 4 aromatic rings. The van der Waals surface area contributed by atoms with E-state index in [1.807, 2.05) is 22.7 Å². The van der Waals surface area contributed by atoms with Gasteiger partial charge in [-0.05, 0) is 142 Å². The van der Waals surface area contributed by atoms with Gasteiger partial charge in [-0.3, -0.25) is 0 Å². The van der Waals surface area contributed by atoms with E-state index < -0.39 is 8.07 Å². The van der Waals surface area contributed by atoms with Crippen LogP contribution in [-0.2, 0) is 12.8 Å². The second kappa shape index (κ2) is 8.01. The molecule has 0 bridgehead atoms. The molecule has 0 saturated heterocycles. The molecule has 0 saturated carbocycles. The monoisotopic (exact) mass is 640 g/mol. The number of benzene rings is 2. The van der Waals surface area contributed by atoms with Crippen molar-refractivity contribution in [2.24, 2.45) is 0 Å². The van der Waals surface area contributed by atoms with Crippen molar-refractivity contribution in [2.75, 3.05) is 0 Å². The molecular weight excluding hydrogens is 612 g/mol. The average Bonchev–Trinajstić information content (AvgIpc) is 3.46. The third kappa shape index (κ3) is 3.24. The van der Waals surface area contributed by atoms with E-state index in [1.165, 1.54) is 72.3 Å². The number of aryl methyl sites for hydroxylation is 4. The predicted octanol–water partition coefficient (Wildman–Crippen LogP) is 11.0. The summed E-state index contributed by atoms with van der Waals surface area (Å²) in [5.74, 6) is 0. The van der Waals surface area contributed by atoms with Gasteiger partial charge in [0.15, 0.2) is 0 Å². The molecule has 0 aliphatic heterocycles. The first-order chi connectivity index (χ1) is 16.4. The quantitative estimate of drug-likeness (QED) is 0.191. The largest absolute Gasteiger partial charge is 0.140 e. The number of hydrogen-bond acceptors (Lipinski definition) is 2. The Labute approximate surface area is 234 Å². The lowest BCUT2D eigenvalue weighted by Crippen LogP contribution is -2.31. The highest BCUT2D eigenvalue weighted by Gasteiger charge is 2.42. The first kappa shape index (κ1) is 24.4. The lowest BCUT2D eigenvalue weighted by molar-refractivity contribution is 1.19. The molecule has 2 aliphatic rings. The molecule has 2 aromatic carbocycles. The van der Waals surface area contributed by atoms with E-state index >= 15 is 0 Å². The van der Waals surface area contributed by atoms with Crippen LogP contribution in [0.1, 0.15) is 57.0 Å². The fraction of sp³-hybridized carbons (Fsp3) is 0.333.